The first-order chi connectivity index (χ1) is 8.88. The number of nitrogens with one attached hydrogen (secondary N) is 2. The largest absolute Gasteiger partial charge is 0.286 e. The summed E-state index contributed by atoms with van der Waals surface area (Å²) < 4.78 is 0.595. The van der Waals surface area contributed by atoms with Crippen molar-refractivity contribution >= 4 is 12.2 Å². The van der Waals surface area contributed by atoms with Crippen molar-refractivity contribution in [3.8, 4) is 0 Å². The molecule has 4 heteroatoms. The highest BCUT2D eigenvalue weighted by Gasteiger charge is 2.59. The van der Waals surface area contributed by atoms with Gasteiger partial charge in [-0.25, -0.2) is 4.98 Å². The van der Waals surface area contributed by atoms with E-state index in [0.29, 0.717) is 21.0 Å². The van der Waals surface area contributed by atoms with Gasteiger partial charge in [0.25, 0.3) is 0 Å². The minimum Gasteiger partial charge on any atom is -0.286 e. The Morgan fingerprint density at radius 3 is 2.32 bits per heavy atom. The molecule has 1 aromatic rings. The smallest absolute Gasteiger partial charge is 0.213 e. The van der Waals surface area contributed by atoms with Crippen molar-refractivity contribution in [1.82, 2.24) is 15.2 Å². The van der Waals surface area contributed by atoms with Crippen molar-refractivity contribution < 1.29 is 0 Å². The topological polar surface area (TPSA) is 44.5 Å². The molecular weight excluding hydrogens is 254 g/mol. The minimum atomic E-state index is 0.483. The van der Waals surface area contributed by atoms with E-state index in [-0.39, 0.29) is 0 Å². The highest BCUT2D eigenvalue weighted by Crippen LogP contribution is 2.70. The van der Waals surface area contributed by atoms with Gasteiger partial charge in [-0.15, -0.1) is 0 Å². The molecule has 4 aliphatic rings. The van der Waals surface area contributed by atoms with E-state index in [1.165, 1.54) is 38.5 Å². The number of hydrogen-bond acceptors (Lipinski definition) is 2. The van der Waals surface area contributed by atoms with Gasteiger partial charge in [-0.1, -0.05) is 13.8 Å². The quantitative estimate of drug-likeness (QED) is 0.802. The summed E-state index contributed by atoms with van der Waals surface area (Å²) in [5, 5.41) is 6.11. The molecule has 0 spiro atoms. The highest BCUT2D eigenvalue weighted by molar-refractivity contribution is 7.71. The summed E-state index contributed by atoms with van der Waals surface area (Å²) in [7, 11) is 0. The number of rotatable bonds is 2. The lowest BCUT2D eigenvalue weighted by molar-refractivity contribution is -0.144. The van der Waals surface area contributed by atoms with Gasteiger partial charge in [0.1, 0.15) is 5.82 Å². The van der Waals surface area contributed by atoms with Crippen molar-refractivity contribution in [3.63, 3.8) is 0 Å². The van der Waals surface area contributed by atoms with Crippen LogP contribution >= 0.6 is 12.2 Å². The second kappa shape index (κ2) is 3.51. The maximum absolute atomic E-state index is 5.09. The molecule has 1 heterocycles. The molecule has 4 saturated carbocycles. The molecule has 2 unspecified atom stereocenters. The molecule has 0 aromatic carbocycles. The first kappa shape index (κ1) is 12.1. The second-order valence-electron chi connectivity index (χ2n) is 8.42. The van der Waals surface area contributed by atoms with Crippen LogP contribution in [-0.4, -0.2) is 15.2 Å². The van der Waals surface area contributed by atoms with Gasteiger partial charge < -0.3 is 0 Å². The van der Waals surface area contributed by atoms with E-state index in [1.54, 1.807) is 0 Å². The zero-order valence-electron chi connectivity index (χ0n) is 11.9. The number of aromatic nitrogens is 3. The molecule has 2 N–H and O–H groups in total. The van der Waals surface area contributed by atoms with Gasteiger partial charge in [0.05, 0.1) is 0 Å². The first-order valence-electron chi connectivity index (χ1n) is 7.52. The summed E-state index contributed by atoms with van der Waals surface area (Å²) in [6, 6.07) is 0. The van der Waals surface area contributed by atoms with Crippen LogP contribution in [0.3, 0.4) is 0 Å². The molecule has 1 aromatic heterocycles. The molecule has 3 nitrogen and oxygen atoms in total. The van der Waals surface area contributed by atoms with E-state index >= 15 is 0 Å². The van der Waals surface area contributed by atoms with Crippen molar-refractivity contribution in [2.75, 3.05) is 0 Å². The average molecular weight is 277 g/mol. The Balaban J connectivity index is 1.69. The fraction of sp³-hybridized carbons (Fsp3) is 0.867. The Hall–Kier alpha value is -0.640. The van der Waals surface area contributed by atoms with E-state index in [4.69, 9.17) is 12.2 Å². The van der Waals surface area contributed by atoms with E-state index in [9.17, 15) is 0 Å². The van der Waals surface area contributed by atoms with E-state index in [2.05, 4.69) is 29.0 Å². The Morgan fingerprint density at radius 2 is 1.79 bits per heavy atom. The molecule has 4 fully saturated rings. The number of hydrogen-bond donors (Lipinski definition) is 2. The van der Waals surface area contributed by atoms with Crippen molar-refractivity contribution in [1.29, 1.82) is 0 Å². The SMILES string of the molecule is CC12CC3CC(C)(C1)CC(Cc1nc(=S)[nH][nH]1)(C3)C2. The van der Waals surface area contributed by atoms with Crippen LogP contribution in [0.4, 0.5) is 0 Å². The van der Waals surface area contributed by atoms with E-state index < -0.39 is 0 Å². The maximum Gasteiger partial charge on any atom is 0.213 e. The molecule has 104 valence electrons. The Labute approximate surface area is 119 Å². The van der Waals surface area contributed by atoms with Crippen LogP contribution in [0.1, 0.15) is 58.2 Å². The zero-order chi connectivity index (χ0) is 13.3. The van der Waals surface area contributed by atoms with Crippen molar-refractivity contribution in [2.45, 2.75) is 58.8 Å². The summed E-state index contributed by atoms with van der Waals surface area (Å²) in [5.41, 5.74) is 1.65. The van der Waals surface area contributed by atoms with Crippen LogP contribution in [0, 0.1) is 26.9 Å². The van der Waals surface area contributed by atoms with Gasteiger partial charge in [-0.05, 0) is 72.9 Å². The van der Waals surface area contributed by atoms with Crippen LogP contribution in [0.15, 0.2) is 0 Å². The third kappa shape index (κ3) is 1.91. The van der Waals surface area contributed by atoms with Gasteiger partial charge in [0, 0.05) is 6.42 Å². The lowest BCUT2D eigenvalue weighted by atomic mass is 9.40. The number of aromatic amines is 2. The van der Waals surface area contributed by atoms with Crippen LogP contribution < -0.4 is 0 Å². The van der Waals surface area contributed by atoms with Crippen LogP contribution in [0.25, 0.3) is 0 Å². The lowest BCUT2D eigenvalue weighted by Gasteiger charge is -2.65. The van der Waals surface area contributed by atoms with Crippen LogP contribution in [0.2, 0.25) is 0 Å². The molecule has 0 amide bonds. The second-order valence-corrected chi connectivity index (χ2v) is 8.81. The maximum atomic E-state index is 5.09. The number of nitrogens with zero attached hydrogens (tertiary/aromatic N) is 1. The summed E-state index contributed by atoms with van der Waals surface area (Å²) in [4.78, 5) is 4.44. The Bertz CT molecular complexity index is 554. The fourth-order valence-electron chi connectivity index (χ4n) is 6.62. The normalized spacial score (nSPS) is 47.8. The van der Waals surface area contributed by atoms with Crippen LogP contribution in [0.5, 0.6) is 0 Å². The van der Waals surface area contributed by atoms with Crippen molar-refractivity contribution in [2.24, 2.45) is 22.2 Å². The Kier molecular flexibility index (Phi) is 2.24. The first-order valence-corrected chi connectivity index (χ1v) is 7.92. The molecule has 0 aliphatic heterocycles. The summed E-state index contributed by atoms with van der Waals surface area (Å²) in [5.74, 6) is 2.02. The third-order valence-corrected chi connectivity index (χ3v) is 6.03. The minimum absolute atomic E-state index is 0.483. The molecule has 19 heavy (non-hydrogen) atoms. The zero-order valence-corrected chi connectivity index (χ0v) is 12.7. The highest BCUT2D eigenvalue weighted by atomic mass is 32.1. The van der Waals surface area contributed by atoms with Gasteiger partial charge in [-0.3, -0.25) is 10.2 Å². The van der Waals surface area contributed by atoms with Gasteiger partial charge in [-0.2, -0.15) is 0 Å². The molecule has 2 atom stereocenters. The predicted molar refractivity (Wildman–Crippen MR) is 77.3 cm³/mol. The Morgan fingerprint density at radius 1 is 1.11 bits per heavy atom. The van der Waals surface area contributed by atoms with Crippen LogP contribution in [-0.2, 0) is 6.42 Å². The molecule has 0 radical (unpaired) electrons. The lowest BCUT2D eigenvalue weighted by Crippen LogP contribution is -2.55. The standard InChI is InChI=1S/C15H23N3S/c1-13-3-10-4-14(2,7-13)9-15(5-10,8-13)6-11-16-12(19)18-17-11/h10H,3-9H2,1-2H3,(H2,16,17,18,19). The van der Waals surface area contributed by atoms with E-state index in [1.807, 2.05) is 0 Å². The summed E-state index contributed by atoms with van der Waals surface area (Å²) in [6.45, 7) is 5.05. The predicted octanol–water partition coefficient (Wildman–Crippen LogP) is 4.01. The third-order valence-electron chi connectivity index (χ3n) is 5.83. The molecule has 4 bridgehead atoms. The van der Waals surface area contributed by atoms with E-state index in [0.717, 1.165) is 18.2 Å². The monoisotopic (exact) mass is 277 g/mol. The molecular formula is C15H23N3S. The van der Waals surface area contributed by atoms with Gasteiger partial charge in [0.15, 0.2) is 0 Å². The van der Waals surface area contributed by atoms with Gasteiger partial charge >= 0.3 is 0 Å². The number of H-pyrrole nitrogens is 2. The molecule has 4 aliphatic carbocycles. The molecule has 5 rings (SSSR count). The van der Waals surface area contributed by atoms with Gasteiger partial charge in [0.2, 0.25) is 4.77 Å². The van der Waals surface area contributed by atoms with Crippen molar-refractivity contribution in [3.05, 3.63) is 10.6 Å². The average Bonchev–Trinajstić information content (AvgIpc) is 2.56. The molecule has 0 saturated heterocycles. The fourth-order valence-corrected chi connectivity index (χ4v) is 6.79. The summed E-state index contributed by atoms with van der Waals surface area (Å²) >= 11 is 5.09. The summed E-state index contributed by atoms with van der Waals surface area (Å²) in [6.07, 6.45) is 9.63.